The third-order valence-electron chi connectivity index (χ3n) is 1.91. The zero-order valence-electron chi connectivity index (χ0n) is 8.85. The van der Waals surface area contributed by atoms with Crippen molar-refractivity contribution < 1.29 is 13.2 Å². The van der Waals surface area contributed by atoms with E-state index < -0.39 is 12.6 Å². The molecule has 0 aromatic carbocycles. The molecule has 0 aliphatic carbocycles. The van der Waals surface area contributed by atoms with Crippen LogP contribution in [-0.2, 0) is 0 Å². The Morgan fingerprint density at radius 2 is 2.00 bits per heavy atom. The highest BCUT2D eigenvalue weighted by Crippen LogP contribution is 2.21. The molecule has 0 spiro atoms. The Kier molecular flexibility index (Phi) is 3.96. The first-order valence-electron chi connectivity index (χ1n) is 4.57. The fraction of sp³-hybridized carbons (Fsp3) is 0.556. The van der Waals surface area contributed by atoms with E-state index in [0.29, 0.717) is 11.6 Å². The Bertz CT molecular complexity index is 347. The van der Waals surface area contributed by atoms with Gasteiger partial charge in [-0.05, 0) is 6.92 Å². The van der Waals surface area contributed by atoms with Crippen LogP contribution in [0.25, 0.3) is 0 Å². The van der Waals surface area contributed by atoms with Gasteiger partial charge in [0.2, 0.25) is 0 Å². The summed E-state index contributed by atoms with van der Waals surface area (Å²) < 4.78 is 36.0. The van der Waals surface area contributed by atoms with E-state index in [1.807, 2.05) is 0 Å². The number of hydrogen-bond acceptors (Lipinski definition) is 3. The number of alkyl halides is 3. The van der Waals surface area contributed by atoms with Gasteiger partial charge in [0, 0.05) is 19.7 Å². The van der Waals surface area contributed by atoms with Crippen LogP contribution in [0.4, 0.5) is 19.0 Å². The first-order valence-corrected chi connectivity index (χ1v) is 4.95. The molecular formula is C9H11ClF3N3. The molecule has 1 aromatic heterocycles. The average molecular weight is 254 g/mol. The van der Waals surface area contributed by atoms with Gasteiger partial charge in [-0.1, -0.05) is 11.6 Å². The third-order valence-corrected chi connectivity index (χ3v) is 2.11. The van der Waals surface area contributed by atoms with Gasteiger partial charge in [-0.3, -0.25) is 0 Å². The Morgan fingerprint density at radius 1 is 1.38 bits per heavy atom. The predicted molar refractivity (Wildman–Crippen MR) is 55.7 cm³/mol. The number of nitrogens with zero attached hydrogens (tertiary/aromatic N) is 3. The highest BCUT2D eigenvalue weighted by Gasteiger charge is 2.27. The SMILES string of the molecule is Cc1nc(Cl)cc(N(C)CCC(F)(F)F)n1. The lowest BCUT2D eigenvalue weighted by Crippen LogP contribution is -2.25. The summed E-state index contributed by atoms with van der Waals surface area (Å²) in [5.41, 5.74) is 0. The lowest BCUT2D eigenvalue weighted by atomic mass is 10.4. The quantitative estimate of drug-likeness (QED) is 0.776. The first kappa shape index (κ1) is 13.0. The highest BCUT2D eigenvalue weighted by molar-refractivity contribution is 6.29. The monoisotopic (exact) mass is 253 g/mol. The van der Waals surface area contributed by atoms with Gasteiger partial charge in [-0.15, -0.1) is 0 Å². The maximum Gasteiger partial charge on any atom is 0.390 e. The molecule has 0 aliphatic heterocycles. The van der Waals surface area contributed by atoms with Crippen LogP contribution in [0.3, 0.4) is 0 Å². The van der Waals surface area contributed by atoms with Crippen molar-refractivity contribution in [2.24, 2.45) is 0 Å². The minimum absolute atomic E-state index is 0.156. The van der Waals surface area contributed by atoms with Crippen LogP contribution in [0.15, 0.2) is 6.07 Å². The van der Waals surface area contributed by atoms with E-state index in [-0.39, 0.29) is 11.7 Å². The summed E-state index contributed by atoms with van der Waals surface area (Å²) in [6, 6.07) is 1.44. The molecule has 1 aromatic rings. The molecule has 1 heterocycles. The molecule has 0 N–H and O–H groups in total. The lowest BCUT2D eigenvalue weighted by molar-refractivity contribution is -0.132. The predicted octanol–water partition coefficient (Wildman–Crippen LogP) is 2.83. The normalized spacial score (nSPS) is 11.6. The van der Waals surface area contributed by atoms with Gasteiger partial charge in [0.1, 0.15) is 16.8 Å². The summed E-state index contributed by atoms with van der Waals surface area (Å²) in [5, 5.41) is 0.223. The summed E-state index contributed by atoms with van der Waals surface area (Å²) in [4.78, 5) is 9.23. The van der Waals surface area contributed by atoms with Crippen LogP contribution in [0.2, 0.25) is 5.15 Å². The van der Waals surface area contributed by atoms with Crippen molar-refractivity contribution >= 4 is 17.4 Å². The van der Waals surface area contributed by atoms with E-state index in [0.717, 1.165) is 0 Å². The summed E-state index contributed by atoms with van der Waals surface area (Å²) in [5.74, 6) is 0.822. The van der Waals surface area contributed by atoms with Gasteiger partial charge in [-0.25, -0.2) is 9.97 Å². The molecule has 16 heavy (non-hydrogen) atoms. The van der Waals surface area contributed by atoms with Crippen LogP contribution >= 0.6 is 11.6 Å². The molecule has 90 valence electrons. The molecule has 7 heteroatoms. The van der Waals surface area contributed by atoms with Crippen molar-refractivity contribution in [2.45, 2.75) is 19.5 Å². The first-order chi connectivity index (χ1) is 7.28. The number of anilines is 1. The van der Waals surface area contributed by atoms with Gasteiger partial charge in [0.05, 0.1) is 6.42 Å². The number of aromatic nitrogens is 2. The highest BCUT2D eigenvalue weighted by atomic mass is 35.5. The molecule has 0 saturated heterocycles. The molecule has 0 aliphatic rings. The van der Waals surface area contributed by atoms with Crippen molar-refractivity contribution in [3.05, 3.63) is 17.0 Å². The second-order valence-electron chi connectivity index (χ2n) is 3.38. The number of hydrogen-bond donors (Lipinski definition) is 0. The molecule has 0 fully saturated rings. The summed E-state index contributed by atoms with van der Waals surface area (Å²) in [7, 11) is 1.53. The van der Waals surface area contributed by atoms with Crippen molar-refractivity contribution in [3.63, 3.8) is 0 Å². The summed E-state index contributed by atoms with van der Waals surface area (Å²) >= 11 is 5.68. The molecule has 0 atom stereocenters. The third kappa shape index (κ3) is 4.22. The molecule has 0 bridgehead atoms. The minimum Gasteiger partial charge on any atom is -0.359 e. The van der Waals surface area contributed by atoms with Crippen LogP contribution in [0, 0.1) is 6.92 Å². The van der Waals surface area contributed by atoms with Crippen LogP contribution < -0.4 is 4.90 Å². The fourth-order valence-corrected chi connectivity index (χ4v) is 1.34. The van der Waals surface area contributed by atoms with Crippen LogP contribution in [-0.4, -0.2) is 29.7 Å². The Morgan fingerprint density at radius 3 is 2.50 bits per heavy atom. The maximum absolute atomic E-state index is 12.0. The molecule has 0 radical (unpaired) electrons. The minimum atomic E-state index is -4.17. The van der Waals surface area contributed by atoms with E-state index in [9.17, 15) is 13.2 Å². The maximum atomic E-state index is 12.0. The Balaban J connectivity index is 2.69. The average Bonchev–Trinajstić information content (AvgIpc) is 2.11. The largest absolute Gasteiger partial charge is 0.390 e. The molecule has 0 unspecified atom stereocenters. The Labute approximate surface area is 96.3 Å². The van der Waals surface area contributed by atoms with Gasteiger partial charge in [-0.2, -0.15) is 13.2 Å². The van der Waals surface area contributed by atoms with E-state index in [2.05, 4.69) is 9.97 Å². The molecular weight excluding hydrogens is 243 g/mol. The smallest absolute Gasteiger partial charge is 0.359 e. The molecule has 3 nitrogen and oxygen atoms in total. The van der Waals surface area contributed by atoms with E-state index in [1.165, 1.54) is 18.0 Å². The number of halogens is 4. The van der Waals surface area contributed by atoms with Crippen molar-refractivity contribution in [2.75, 3.05) is 18.5 Å². The molecule has 0 saturated carbocycles. The van der Waals surface area contributed by atoms with Gasteiger partial charge in [0.25, 0.3) is 0 Å². The van der Waals surface area contributed by atoms with Crippen molar-refractivity contribution in [1.82, 2.24) is 9.97 Å². The molecule has 1 rings (SSSR count). The summed E-state index contributed by atoms with van der Waals surface area (Å²) in [6.07, 6.45) is -5.05. The topological polar surface area (TPSA) is 29.0 Å². The van der Waals surface area contributed by atoms with Crippen LogP contribution in [0.5, 0.6) is 0 Å². The van der Waals surface area contributed by atoms with Gasteiger partial charge in [0.15, 0.2) is 0 Å². The van der Waals surface area contributed by atoms with Gasteiger partial charge >= 0.3 is 6.18 Å². The zero-order valence-corrected chi connectivity index (χ0v) is 9.60. The second kappa shape index (κ2) is 4.86. The van der Waals surface area contributed by atoms with E-state index >= 15 is 0 Å². The standard InChI is InChI=1S/C9H11ClF3N3/c1-6-14-7(10)5-8(15-6)16(2)4-3-9(11,12)13/h5H,3-4H2,1-2H3. The lowest BCUT2D eigenvalue weighted by Gasteiger charge is -2.19. The summed E-state index contributed by atoms with van der Waals surface area (Å²) in [6.45, 7) is 1.48. The zero-order chi connectivity index (χ0) is 12.3. The number of aryl methyl sites for hydroxylation is 1. The second-order valence-corrected chi connectivity index (χ2v) is 3.77. The Hall–Kier alpha value is -1.04. The van der Waals surface area contributed by atoms with Gasteiger partial charge < -0.3 is 4.90 Å². The fourth-order valence-electron chi connectivity index (χ4n) is 1.12. The number of rotatable bonds is 3. The van der Waals surface area contributed by atoms with Crippen molar-refractivity contribution in [1.29, 1.82) is 0 Å². The molecule has 0 amide bonds. The van der Waals surface area contributed by atoms with E-state index in [4.69, 9.17) is 11.6 Å². The van der Waals surface area contributed by atoms with E-state index in [1.54, 1.807) is 6.92 Å². The van der Waals surface area contributed by atoms with Crippen molar-refractivity contribution in [3.8, 4) is 0 Å². The van der Waals surface area contributed by atoms with Crippen LogP contribution in [0.1, 0.15) is 12.2 Å².